The number of carbonyl (C=O) groups is 1. The summed E-state index contributed by atoms with van der Waals surface area (Å²) in [5.41, 5.74) is 3.24. The third-order valence-corrected chi connectivity index (χ3v) is 5.12. The number of nitrogens with zero attached hydrogens (tertiary/aromatic N) is 4. The molecule has 0 radical (unpaired) electrons. The molecule has 0 saturated carbocycles. The number of thiazole rings is 1. The first-order chi connectivity index (χ1) is 13.1. The molecule has 4 aromatic rings. The molecule has 0 bridgehead atoms. The standard InChI is InChI=1S/C19H14ClN5OS/c1-12-17(13-2-6-15(20)7-3-13)23-19(27-12)24-18(26)14-4-8-16(9-5-14)25-10-21-22-11-25/h2-11H,1H3,(H,23,24,26). The number of rotatable bonds is 4. The van der Waals surface area contributed by atoms with Gasteiger partial charge in [0.05, 0.1) is 5.69 Å². The molecule has 134 valence electrons. The van der Waals surface area contributed by atoms with Crippen LogP contribution in [-0.2, 0) is 0 Å². The lowest BCUT2D eigenvalue weighted by Crippen LogP contribution is -2.11. The third-order valence-electron chi connectivity index (χ3n) is 3.98. The van der Waals surface area contributed by atoms with E-state index in [0.717, 1.165) is 21.8 Å². The summed E-state index contributed by atoms with van der Waals surface area (Å²) in [7, 11) is 0. The zero-order chi connectivity index (χ0) is 18.8. The highest BCUT2D eigenvalue weighted by Gasteiger charge is 2.13. The third kappa shape index (κ3) is 3.74. The first-order valence-corrected chi connectivity index (χ1v) is 9.29. The van der Waals surface area contributed by atoms with Gasteiger partial charge in [-0.1, -0.05) is 23.7 Å². The largest absolute Gasteiger partial charge is 0.298 e. The van der Waals surface area contributed by atoms with Gasteiger partial charge in [0.15, 0.2) is 5.13 Å². The summed E-state index contributed by atoms with van der Waals surface area (Å²) in [5, 5.41) is 11.6. The summed E-state index contributed by atoms with van der Waals surface area (Å²) in [4.78, 5) is 18.1. The highest BCUT2D eigenvalue weighted by Crippen LogP contribution is 2.31. The zero-order valence-electron chi connectivity index (χ0n) is 14.3. The van der Waals surface area contributed by atoms with E-state index in [-0.39, 0.29) is 5.91 Å². The van der Waals surface area contributed by atoms with Crippen molar-refractivity contribution in [3.05, 3.63) is 76.6 Å². The van der Waals surface area contributed by atoms with Gasteiger partial charge in [0.25, 0.3) is 5.91 Å². The summed E-state index contributed by atoms with van der Waals surface area (Å²) < 4.78 is 1.77. The molecule has 0 aliphatic carbocycles. The van der Waals surface area contributed by atoms with Crippen molar-refractivity contribution >= 4 is 34.0 Å². The maximum absolute atomic E-state index is 12.5. The number of carbonyl (C=O) groups excluding carboxylic acids is 1. The van der Waals surface area contributed by atoms with Gasteiger partial charge in [0, 0.05) is 26.7 Å². The van der Waals surface area contributed by atoms with Crippen LogP contribution in [0.1, 0.15) is 15.2 Å². The van der Waals surface area contributed by atoms with Crippen LogP contribution in [0.15, 0.2) is 61.2 Å². The minimum absolute atomic E-state index is 0.207. The molecule has 0 aliphatic rings. The van der Waals surface area contributed by atoms with Gasteiger partial charge in [-0.2, -0.15) is 0 Å². The van der Waals surface area contributed by atoms with Crippen LogP contribution in [0.5, 0.6) is 0 Å². The number of nitrogens with one attached hydrogen (secondary N) is 1. The number of amides is 1. The van der Waals surface area contributed by atoms with E-state index in [1.165, 1.54) is 11.3 Å². The van der Waals surface area contributed by atoms with Gasteiger partial charge >= 0.3 is 0 Å². The second kappa shape index (κ2) is 7.30. The smallest absolute Gasteiger partial charge is 0.257 e. The molecular formula is C19H14ClN5OS. The van der Waals surface area contributed by atoms with Crippen molar-refractivity contribution in [3.63, 3.8) is 0 Å². The number of hydrogen-bond donors (Lipinski definition) is 1. The molecule has 2 aromatic heterocycles. The number of halogens is 1. The van der Waals surface area contributed by atoms with Crippen molar-refractivity contribution in [2.75, 3.05) is 5.32 Å². The zero-order valence-corrected chi connectivity index (χ0v) is 15.8. The van der Waals surface area contributed by atoms with Crippen LogP contribution in [0.25, 0.3) is 16.9 Å². The van der Waals surface area contributed by atoms with Gasteiger partial charge in [-0.3, -0.25) is 14.7 Å². The van der Waals surface area contributed by atoms with Crippen molar-refractivity contribution in [1.29, 1.82) is 0 Å². The predicted molar refractivity (Wildman–Crippen MR) is 107 cm³/mol. The minimum atomic E-state index is -0.207. The van der Waals surface area contributed by atoms with Crippen molar-refractivity contribution in [2.24, 2.45) is 0 Å². The fourth-order valence-electron chi connectivity index (χ4n) is 2.61. The normalized spacial score (nSPS) is 10.7. The molecule has 27 heavy (non-hydrogen) atoms. The summed E-state index contributed by atoms with van der Waals surface area (Å²) in [6, 6.07) is 14.7. The Hall–Kier alpha value is -3.03. The number of benzene rings is 2. The molecule has 1 amide bonds. The molecule has 4 rings (SSSR count). The molecule has 8 heteroatoms. The topological polar surface area (TPSA) is 72.7 Å². The molecule has 2 aromatic carbocycles. The van der Waals surface area contributed by atoms with Gasteiger partial charge < -0.3 is 0 Å². The van der Waals surface area contributed by atoms with E-state index in [1.54, 1.807) is 29.4 Å². The maximum Gasteiger partial charge on any atom is 0.257 e. The number of aromatic nitrogens is 4. The lowest BCUT2D eigenvalue weighted by molar-refractivity contribution is 0.102. The first-order valence-electron chi connectivity index (χ1n) is 8.10. The molecule has 1 N–H and O–H groups in total. The van der Waals surface area contributed by atoms with Crippen molar-refractivity contribution in [3.8, 4) is 16.9 Å². The van der Waals surface area contributed by atoms with Crippen molar-refractivity contribution in [1.82, 2.24) is 19.7 Å². The maximum atomic E-state index is 12.5. The molecule has 0 atom stereocenters. The van der Waals surface area contributed by atoms with Crippen LogP contribution >= 0.6 is 22.9 Å². The lowest BCUT2D eigenvalue weighted by Gasteiger charge is -2.04. The predicted octanol–water partition coefficient (Wildman–Crippen LogP) is 4.60. The Morgan fingerprint density at radius 3 is 2.37 bits per heavy atom. The minimum Gasteiger partial charge on any atom is -0.298 e. The highest BCUT2D eigenvalue weighted by atomic mass is 35.5. The van der Waals surface area contributed by atoms with Crippen molar-refractivity contribution in [2.45, 2.75) is 6.92 Å². The molecule has 0 unspecified atom stereocenters. The number of hydrogen-bond acceptors (Lipinski definition) is 5. The number of anilines is 1. The molecule has 0 spiro atoms. The Morgan fingerprint density at radius 1 is 1.04 bits per heavy atom. The van der Waals surface area contributed by atoms with Gasteiger partial charge in [-0.05, 0) is 43.3 Å². The lowest BCUT2D eigenvalue weighted by atomic mass is 10.1. The van der Waals surface area contributed by atoms with Gasteiger partial charge in [0.2, 0.25) is 0 Å². The highest BCUT2D eigenvalue weighted by molar-refractivity contribution is 7.16. The Labute approximate surface area is 164 Å². The van der Waals surface area contributed by atoms with Crippen LogP contribution < -0.4 is 5.32 Å². The summed E-state index contributed by atoms with van der Waals surface area (Å²) in [5.74, 6) is -0.207. The van der Waals surface area contributed by atoms with Crippen LogP contribution in [0.4, 0.5) is 5.13 Å². The fraction of sp³-hybridized carbons (Fsp3) is 0.0526. The van der Waals surface area contributed by atoms with Gasteiger partial charge in [-0.25, -0.2) is 4.98 Å². The Morgan fingerprint density at radius 2 is 1.70 bits per heavy atom. The van der Waals surface area contributed by atoms with Crippen LogP contribution in [-0.4, -0.2) is 25.7 Å². The Bertz CT molecular complexity index is 1070. The monoisotopic (exact) mass is 395 g/mol. The molecule has 2 heterocycles. The quantitative estimate of drug-likeness (QED) is 0.547. The summed E-state index contributed by atoms with van der Waals surface area (Å²) in [6.45, 7) is 1.98. The van der Waals surface area contributed by atoms with Gasteiger partial charge in [0.1, 0.15) is 12.7 Å². The fourth-order valence-corrected chi connectivity index (χ4v) is 3.57. The molecule has 6 nitrogen and oxygen atoms in total. The Kier molecular flexibility index (Phi) is 4.70. The van der Waals surface area contributed by atoms with Crippen LogP contribution in [0, 0.1) is 6.92 Å². The van der Waals surface area contributed by atoms with Crippen molar-refractivity contribution < 1.29 is 4.79 Å². The van der Waals surface area contributed by atoms with E-state index in [4.69, 9.17) is 11.6 Å². The number of aryl methyl sites for hydroxylation is 1. The first kappa shape index (κ1) is 17.4. The molecular weight excluding hydrogens is 382 g/mol. The van der Waals surface area contributed by atoms with Crippen LogP contribution in [0.2, 0.25) is 5.02 Å². The second-order valence-corrected chi connectivity index (χ2v) is 7.44. The average Bonchev–Trinajstić information content (AvgIpc) is 3.33. The SMILES string of the molecule is Cc1sc(NC(=O)c2ccc(-n3cnnc3)cc2)nc1-c1ccc(Cl)cc1. The molecule has 0 saturated heterocycles. The Balaban J connectivity index is 1.51. The average molecular weight is 396 g/mol. The molecule has 0 fully saturated rings. The van der Waals surface area contributed by atoms with Crippen LogP contribution in [0.3, 0.4) is 0 Å². The summed E-state index contributed by atoms with van der Waals surface area (Å²) in [6.07, 6.45) is 3.21. The second-order valence-electron chi connectivity index (χ2n) is 5.80. The van der Waals surface area contributed by atoms with E-state index in [0.29, 0.717) is 15.7 Å². The van der Waals surface area contributed by atoms with E-state index < -0.39 is 0 Å². The van der Waals surface area contributed by atoms with E-state index >= 15 is 0 Å². The van der Waals surface area contributed by atoms with E-state index in [1.807, 2.05) is 43.3 Å². The molecule has 0 aliphatic heterocycles. The summed E-state index contributed by atoms with van der Waals surface area (Å²) >= 11 is 7.38. The van der Waals surface area contributed by atoms with E-state index in [9.17, 15) is 4.79 Å². The van der Waals surface area contributed by atoms with Gasteiger partial charge in [-0.15, -0.1) is 21.5 Å². The van der Waals surface area contributed by atoms with E-state index in [2.05, 4.69) is 20.5 Å².